The van der Waals surface area contributed by atoms with Gasteiger partial charge in [0.05, 0.1) is 0 Å². The molecular weight excluding hydrogens is 404 g/mol. The van der Waals surface area contributed by atoms with Crippen molar-refractivity contribution < 1.29 is 4.79 Å². The first-order chi connectivity index (χ1) is 15.3. The molecule has 0 heterocycles. The Morgan fingerprint density at radius 1 is 0.879 bits per heavy atom. The molecule has 3 nitrogen and oxygen atoms in total. The summed E-state index contributed by atoms with van der Waals surface area (Å²) in [5.41, 5.74) is 2.54. The lowest BCUT2D eigenvalue weighted by Gasteiger charge is -2.65. The first-order valence-electron chi connectivity index (χ1n) is 13.9. The molecule has 0 saturated heterocycles. The zero-order valence-corrected chi connectivity index (χ0v) is 23.2. The molecule has 4 saturated carbocycles. The number of rotatable bonds is 4. The minimum Gasteiger partial charge on any atom is -0.339 e. The minimum absolute atomic E-state index is 0.199. The van der Waals surface area contributed by atoms with Crippen LogP contribution in [0.25, 0.3) is 0 Å². The molecule has 33 heavy (non-hydrogen) atoms. The molecule has 9 unspecified atom stereocenters. The van der Waals surface area contributed by atoms with Gasteiger partial charge in [-0.1, -0.05) is 26.3 Å². The molecule has 4 rings (SSSR count). The van der Waals surface area contributed by atoms with E-state index in [-0.39, 0.29) is 5.91 Å². The molecule has 0 aromatic rings. The van der Waals surface area contributed by atoms with E-state index in [1.54, 1.807) is 0 Å². The largest absolute Gasteiger partial charge is 0.339 e. The predicted octanol–water partition coefficient (Wildman–Crippen LogP) is 6.78. The van der Waals surface area contributed by atoms with Crippen LogP contribution in [0.5, 0.6) is 0 Å². The van der Waals surface area contributed by atoms with Crippen LogP contribution < -0.4 is 0 Å². The van der Waals surface area contributed by atoms with E-state index in [0.29, 0.717) is 28.3 Å². The maximum atomic E-state index is 12.7. The Labute approximate surface area is 204 Å². The normalized spacial score (nSPS) is 45.6. The number of fused-ring (bicyclic) bond motifs is 5. The van der Waals surface area contributed by atoms with Gasteiger partial charge >= 0.3 is 0 Å². The van der Waals surface area contributed by atoms with Crippen LogP contribution in [0.1, 0.15) is 99.3 Å². The zero-order chi connectivity index (χ0) is 24.3. The van der Waals surface area contributed by atoms with Crippen LogP contribution in [-0.2, 0) is 4.79 Å². The van der Waals surface area contributed by atoms with Crippen LogP contribution in [0.3, 0.4) is 0 Å². The molecule has 0 aromatic heterocycles. The van der Waals surface area contributed by atoms with Crippen LogP contribution in [-0.4, -0.2) is 48.9 Å². The molecule has 3 heteroatoms. The number of nitrogens with zero attached hydrogens (tertiary/aromatic N) is 2. The summed E-state index contributed by atoms with van der Waals surface area (Å²) in [6, 6.07) is 1.09. The van der Waals surface area contributed by atoms with E-state index in [9.17, 15) is 4.79 Å². The van der Waals surface area contributed by atoms with E-state index in [4.69, 9.17) is 0 Å². The summed E-state index contributed by atoms with van der Waals surface area (Å²) < 4.78 is 0. The molecule has 4 aliphatic rings. The van der Waals surface area contributed by atoms with Crippen molar-refractivity contribution >= 4 is 5.91 Å². The lowest BCUT2D eigenvalue weighted by Crippen LogP contribution is -2.59. The maximum Gasteiger partial charge on any atom is 0.246 e. The zero-order valence-electron chi connectivity index (χ0n) is 23.2. The smallest absolute Gasteiger partial charge is 0.246 e. The van der Waals surface area contributed by atoms with Crippen molar-refractivity contribution in [1.82, 2.24) is 9.80 Å². The van der Waals surface area contributed by atoms with Gasteiger partial charge in [0, 0.05) is 25.2 Å². The van der Waals surface area contributed by atoms with Crippen LogP contribution >= 0.6 is 0 Å². The van der Waals surface area contributed by atoms with Crippen molar-refractivity contribution in [3.8, 4) is 0 Å². The quantitative estimate of drug-likeness (QED) is 0.435. The van der Waals surface area contributed by atoms with Gasteiger partial charge in [-0.3, -0.25) is 4.79 Å². The van der Waals surface area contributed by atoms with Gasteiger partial charge in [0.25, 0.3) is 0 Å². The topological polar surface area (TPSA) is 23.6 Å². The van der Waals surface area contributed by atoms with E-state index in [1.165, 1.54) is 57.8 Å². The Hall–Kier alpha value is -0.830. The maximum absolute atomic E-state index is 12.7. The Morgan fingerprint density at radius 2 is 1.55 bits per heavy atom. The fourth-order valence-corrected chi connectivity index (χ4v) is 9.70. The van der Waals surface area contributed by atoms with Crippen molar-refractivity contribution in [1.29, 1.82) is 0 Å². The fraction of sp³-hybridized carbons (Fsp3) is 0.900. The highest BCUT2D eigenvalue weighted by atomic mass is 16.2. The Bertz CT molecular complexity index is 784. The van der Waals surface area contributed by atoms with Crippen molar-refractivity contribution in [3.05, 3.63) is 11.6 Å². The number of hydrogen-bond acceptors (Lipinski definition) is 2. The van der Waals surface area contributed by atoms with Gasteiger partial charge in [0.1, 0.15) is 0 Å². The summed E-state index contributed by atoms with van der Waals surface area (Å²) in [7, 11) is 6.59. The highest BCUT2D eigenvalue weighted by Gasteiger charge is 2.66. The third-order valence-electron chi connectivity index (χ3n) is 12.3. The summed E-state index contributed by atoms with van der Waals surface area (Å²) in [4.78, 5) is 17.2. The predicted molar refractivity (Wildman–Crippen MR) is 139 cm³/mol. The molecule has 0 bridgehead atoms. The van der Waals surface area contributed by atoms with E-state index >= 15 is 0 Å². The number of carbonyl (C=O) groups excluding carboxylic acids is 1. The second-order valence-electron chi connectivity index (χ2n) is 13.8. The molecule has 4 aliphatic carbocycles. The molecule has 1 amide bonds. The molecule has 0 aliphatic heterocycles. The monoisotopic (exact) mass is 456 g/mol. The molecule has 9 atom stereocenters. The Kier molecular flexibility index (Phi) is 6.65. The van der Waals surface area contributed by atoms with Gasteiger partial charge in [-0.15, -0.1) is 0 Å². The van der Waals surface area contributed by atoms with Crippen LogP contribution in [0.15, 0.2) is 11.6 Å². The van der Waals surface area contributed by atoms with E-state index in [2.05, 4.69) is 51.6 Å². The summed E-state index contributed by atoms with van der Waals surface area (Å²) in [5, 5.41) is 0. The SMILES string of the molecule is CC(C)=CC(=O)N(C)C1CCC2(C)C(CCC3C2CCC2(C)C(C(C)N(C)C)CCC32C)C1. The standard InChI is InChI=1S/C30H52N2O/c1-20(2)18-27(33)32(9)23-12-15-28(4)22(19-23)10-11-26-25(28)14-17-29(5)24(21(3)31(7)8)13-16-30(26,29)6/h18,21-26H,10-17,19H2,1-9H3. The second-order valence-corrected chi connectivity index (χ2v) is 13.8. The Balaban J connectivity index is 1.53. The van der Waals surface area contributed by atoms with Crippen molar-refractivity contribution in [2.45, 2.75) is 111 Å². The van der Waals surface area contributed by atoms with E-state index in [1.807, 2.05) is 27.0 Å². The number of hydrogen-bond donors (Lipinski definition) is 0. The van der Waals surface area contributed by atoms with Crippen molar-refractivity contribution in [2.75, 3.05) is 21.1 Å². The molecule has 0 aromatic carbocycles. The number of likely N-dealkylation sites (N-methyl/N-ethyl adjacent to an activating group) is 1. The molecule has 188 valence electrons. The van der Waals surface area contributed by atoms with E-state index in [0.717, 1.165) is 29.2 Å². The lowest BCUT2D eigenvalue weighted by molar-refractivity contribution is -0.163. The summed E-state index contributed by atoms with van der Waals surface area (Å²) in [6.07, 6.45) is 14.0. The number of carbonyl (C=O) groups is 1. The van der Waals surface area contributed by atoms with Crippen molar-refractivity contribution in [2.24, 2.45) is 39.9 Å². The van der Waals surface area contributed by atoms with Gasteiger partial charge < -0.3 is 9.80 Å². The van der Waals surface area contributed by atoms with Gasteiger partial charge in [-0.05, 0) is 133 Å². The third-order valence-corrected chi connectivity index (χ3v) is 12.3. The molecule has 0 N–H and O–H groups in total. The lowest BCUT2D eigenvalue weighted by atomic mass is 9.40. The van der Waals surface area contributed by atoms with Gasteiger partial charge in [-0.25, -0.2) is 0 Å². The fourth-order valence-electron chi connectivity index (χ4n) is 9.70. The second kappa shape index (κ2) is 8.68. The average Bonchev–Trinajstić information content (AvgIpc) is 3.02. The first-order valence-corrected chi connectivity index (χ1v) is 13.9. The molecule has 4 fully saturated rings. The van der Waals surface area contributed by atoms with Gasteiger partial charge in [0.2, 0.25) is 5.91 Å². The number of allylic oxidation sites excluding steroid dienone is 1. The highest BCUT2D eigenvalue weighted by molar-refractivity contribution is 5.88. The summed E-state index contributed by atoms with van der Waals surface area (Å²) >= 11 is 0. The summed E-state index contributed by atoms with van der Waals surface area (Å²) in [5.74, 6) is 3.57. The van der Waals surface area contributed by atoms with Crippen LogP contribution in [0.4, 0.5) is 0 Å². The third kappa shape index (κ3) is 3.83. The van der Waals surface area contributed by atoms with E-state index < -0.39 is 0 Å². The van der Waals surface area contributed by atoms with Crippen LogP contribution in [0.2, 0.25) is 0 Å². The van der Waals surface area contributed by atoms with Gasteiger partial charge in [0.15, 0.2) is 0 Å². The average molecular weight is 457 g/mol. The Morgan fingerprint density at radius 3 is 2.18 bits per heavy atom. The highest BCUT2D eigenvalue weighted by Crippen LogP contribution is 2.73. The molecular formula is C30H52N2O. The van der Waals surface area contributed by atoms with Gasteiger partial charge in [-0.2, -0.15) is 0 Å². The van der Waals surface area contributed by atoms with Crippen molar-refractivity contribution in [3.63, 3.8) is 0 Å². The number of amides is 1. The summed E-state index contributed by atoms with van der Waals surface area (Å²) in [6.45, 7) is 14.6. The molecule has 0 radical (unpaired) electrons. The van der Waals surface area contributed by atoms with Crippen LogP contribution in [0, 0.1) is 39.9 Å². The molecule has 0 spiro atoms. The first kappa shape index (κ1) is 25.3. The minimum atomic E-state index is 0.199.